The molecule has 7 heteroatoms. The van der Waals surface area contributed by atoms with Crippen LogP contribution in [0.5, 0.6) is 0 Å². The number of carbonyl (C=O) groups excluding carboxylic acids is 1. The van der Waals surface area contributed by atoms with Gasteiger partial charge in [0.2, 0.25) is 0 Å². The summed E-state index contributed by atoms with van der Waals surface area (Å²) in [6.07, 6.45) is -4.98. The van der Waals surface area contributed by atoms with Gasteiger partial charge in [0.25, 0.3) is 5.91 Å². The number of hydrogen-bond acceptors (Lipinski definition) is 2. The second-order valence-electron chi connectivity index (χ2n) is 4.65. The highest BCUT2D eigenvalue weighted by molar-refractivity contribution is 9.10. The van der Waals surface area contributed by atoms with Crippen LogP contribution in [0.3, 0.4) is 0 Å². The van der Waals surface area contributed by atoms with Crippen molar-refractivity contribution >= 4 is 21.8 Å². The molecule has 1 aromatic rings. The van der Waals surface area contributed by atoms with E-state index in [4.69, 9.17) is 0 Å². The maximum Gasteiger partial charge on any atom is 0.417 e. The molecule has 0 heterocycles. The fourth-order valence-electron chi connectivity index (χ4n) is 1.82. The van der Waals surface area contributed by atoms with Gasteiger partial charge in [0.05, 0.1) is 17.2 Å². The lowest BCUT2D eigenvalue weighted by Gasteiger charge is -2.18. The molecule has 0 saturated carbocycles. The Balaban J connectivity index is 2.99. The lowest BCUT2D eigenvalue weighted by Crippen LogP contribution is -2.35. The van der Waals surface area contributed by atoms with Crippen LogP contribution in [-0.2, 0) is 6.18 Å². The minimum Gasteiger partial charge on any atom is -0.393 e. The number of carbonyl (C=O) groups is 1. The van der Waals surface area contributed by atoms with Crippen molar-refractivity contribution in [1.29, 1.82) is 0 Å². The number of benzene rings is 1. The van der Waals surface area contributed by atoms with Crippen LogP contribution < -0.4 is 5.32 Å². The zero-order chi connectivity index (χ0) is 15.5. The van der Waals surface area contributed by atoms with Gasteiger partial charge in [0.15, 0.2) is 0 Å². The number of amides is 1. The number of hydrogen-bond donors (Lipinski definition) is 2. The Morgan fingerprint density at radius 1 is 1.40 bits per heavy atom. The van der Waals surface area contributed by atoms with E-state index in [-0.39, 0.29) is 10.9 Å². The first kappa shape index (κ1) is 17.0. The van der Waals surface area contributed by atoms with Crippen molar-refractivity contribution in [2.45, 2.75) is 38.6 Å². The summed E-state index contributed by atoms with van der Waals surface area (Å²) < 4.78 is 38.9. The second-order valence-corrected chi connectivity index (χ2v) is 5.56. The van der Waals surface area contributed by atoms with Crippen LogP contribution in [0.4, 0.5) is 13.2 Å². The highest BCUT2D eigenvalue weighted by Gasteiger charge is 2.35. The monoisotopic (exact) mass is 353 g/mol. The van der Waals surface area contributed by atoms with Crippen molar-refractivity contribution in [3.63, 3.8) is 0 Å². The molecular formula is C13H15BrF3NO2. The molecule has 2 N–H and O–H groups in total. The van der Waals surface area contributed by atoms with Gasteiger partial charge in [0, 0.05) is 10.5 Å². The van der Waals surface area contributed by atoms with Crippen molar-refractivity contribution in [1.82, 2.24) is 5.32 Å². The molecule has 3 nitrogen and oxygen atoms in total. The van der Waals surface area contributed by atoms with Crippen LogP contribution in [0.25, 0.3) is 0 Å². The normalized spacial score (nSPS) is 14.8. The molecule has 20 heavy (non-hydrogen) atoms. The highest BCUT2D eigenvalue weighted by Crippen LogP contribution is 2.33. The van der Waals surface area contributed by atoms with E-state index in [9.17, 15) is 23.1 Å². The summed E-state index contributed by atoms with van der Waals surface area (Å²) in [6, 6.07) is 2.95. The van der Waals surface area contributed by atoms with Crippen LogP contribution >= 0.6 is 15.9 Å². The molecule has 0 fully saturated rings. The van der Waals surface area contributed by atoms with Gasteiger partial charge in [-0.25, -0.2) is 0 Å². The summed E-state index contributed by atoms with van der Waals surface area (Å²) in [5.74, 6) is -0.807. The number of alkyl halides is 3. The summed E-state index contributed by atoms with van der Waals surface area (Å²) in [5, 5.41) is 11.6. The Labute approximate surface area is 123 Å². The number of rotatable bonds is 4. The summed E-state index contributed by atoms with van der Waals surface area (Å²) >= 11 is 2.96. The average molecular weight is 354 g/mol. The molecule has 0 spiro atoms. The number of aliphatic hydroxyl groups is 1. The van der Waals surface area contributed by atoms with Crippen molar-refractivity contribution in [3.8, 4) is 0 Å². The van der Waals surface area contributed by atoms with Crippen molar-refractivity contribution < 1.29 is 23.1 Å². The fourth-order valence-corrected chi connectivity index (χ4v) is 2.18. The molecule has 0 saturated heterocycles. The molecular weight excluding hydrogens is 339 g/mol. The Kier molecular flexibility index (Phi) is 5.59. The minimum absolute atomic E-state index is 0.249. The number of nitrogens with one attached hydrogen (secondary N) is 1. The molecule has 0 aliphatic carbocycles. The molecule has 0 aromatic heterocycles. The first-order valence-corrected chi connectivity index (χ1v) is 6.76. The van der Waals surface area contributed by atoms with Crippen LogP contribution in [0.2, 0.25) is 0 Å². The molecule has 0 radical (unpaired) electrons. The number of aliphatic hydroxyl groups excluding tert-OH is 1. The van der Waals surface area contributed by atoms with Gasteiger partial charge in [0.1, 0.15) is 0 Å². The van der Waals surface area contributed by atoms with Crippen LogP contribution in [0.1, 0.15) is 36.2 Å². The lowest BCUT2D eigenvalue weighted by atomic mass is 10.1. The molecule has 2 atom stereocenters. The van der Waals surface area contributed by atoms with Crippen LogP contribution in [0, 0.1) is 0 Å². The molecule has 1 aromatic carbocycles. The van der Waals surface area contributed by atoms with E-state index in [1.165, 1.54) is 6.07 Å². The first-order valence-electron chi connectivity index (χ1n) is 5.97. The fraction of sp³-hybridized carbons (Fsp3) is 0.462. The zero-order valence-corrected chi connectivity index (χ0v) is 12.5. The summed E-state index contributed by atoms with van der Waals surface area (Å²) in [6.45, 7) is 3.17. The predicted octanol–water partition coefficient (Wildman–Crippen LogP) is 3.36. The maximum atomic E-state index is 12.9. The van der Waals surface area contributed by atoms with Gasteiger partial charge < -0.3 is 10.4 Å². The van der Waals surface area contributed by atoms with E-state index in [1.807, 2.05) is 0 Å². The van der Waals surface area contributed by atoms with Gasteiger partial charge in [-0.2, -0.15) is 13.2 Å². The zero-order valence-electron chi connectivity index (χ0n) is 11.0. The standard InChI is InChI=1S/C13H15BrF3NO2/c1-7(5-8(2)19)18-12(20)10-4-3-9(14)6-11(10)13(15,16)17/h3-4,6-8,19H,5H2,1-2H3,(H,18,20). The third-order valence-corrected chi connectivity index (χ3v) is 3.10. The minimum atomic E-state index is -4.61. The van der Waals surface area contributed by atoms with Gasteiger partial charge in [-0.3, -0.25) is 4.79 Å². The molecule has 0 aliphatic rings. The molecule has 112 valence electrons. The molecule has 1 amide bonds. The van der Waals surface area contributed by atoms with Crippen molar-refractivity contribution in [2.75, 3.05) is 0 Å². The Morgan fingerprint density at radius 2 is 2.00 bits per heavy atom. The van der Waals surface area contributed by atoms with Crippen molar-refractivity contribution in [3.05, 3.63) is 33.8 Å². The quantitative estimate of drug-likeness (QED) is 0.871. The molecule has 0 aliphatic heterocycles. The number of halogens is 4. The van der Waals surface area contributed by atoms with Gasteiger partial charge in [-0.05, 0) is 38.5 Å². The highest BCUT2D eigenvalue weighted by atomic mass is 79.9. The summed E-state index contributed by atoms with van der Waals surface area (Å²) in [7, 11) is 0. The second kappa shape index (κ2) is 6.58. The molecule has 0 bridgehead atoms. The largest absolute Gasteiger partial charge is 0.417 e. The maximum absolute atomic E-state index is 12.9. The topological polar surface area (TPSA) is 49.3 Å². The predicted molar refractivity (Wildman–Crippen MR) is 72.4 cm³/mol. The van der Waals surface area contributed by atoms with Crippen LogP contribution in [0.15, 0.2) is 22.7 Å². The van der Waals surface area contributed by atoms with Crippen molar-refractivity contribution in [2.24, 2.45) is 0 Å². The van der Waals surface area contributed by atoms with E-state index in [0.29, 0.717) is 0 Å². The van der Waals surface area contributed by atoms with Crippen LogP contribution in [-0.4, -0.2) is 23.2 Å². The first-order chi connectivity index (χ1) is 9.11. The molecule has 2 unspecified atom stereocenters. The van der Waals surface area contributed by atoms with Gasteiger partial charge in [-0.1, -0.05) is 15.9 Å². The lowest BCUT2D eigenvalue weighted by molar-refractivity contribution is -0.138. The third-order valence-electron chi connectivity index (χ3n) is 2.60. The Bertz CT molecular complexity index is 489. The smallest absolute Gasteiger partial charge is 0.393 e. The van der Waals surface area contributed by atoms with E-state index >= 15 is 0 Å². The summed E-state index contributed by atoms with van der Waals surface area (Å²) in [4.78, 5) is 11.9. The SMILES string of the molecule is CC(O)CC(C)NC(=O)c1ccc(Br)cc1C(F)(F)F. The van der Waals surface area contributed by atoms with E-state index in [1.54, 1.807) is 13.8 Å². The Hall–Kier alpha value is -1.08. The van der Waals surface area contributed by atoms with E-state index in [0.717, 1.165) is 12.1 Å². The summed E-state index contributed by atoms with van der Waals surface area (Å²) in [5.41, 5.74) is -1.42. The third kappa shape index (κ3) is 4.79. The van der Waals surface area contributed by atoms with E-state index in [2.05, 4.69) is 21.2 Å². The van der Waals surface area contributed by atoms with Gasteiger partial charge in [-0.15, -0.1) is 0 Å². The van der Waals surface area contributed by atoms with E-state index < -0.39 is 35.4 Å². The average Bonchev–Trinajstić information content (AvgIpc) is 2.25. The van der Waals surface area contributed by atoms with Gasteiger partial charge >= 0.3 is 6.18 Å². The Morgan fingerprint density at radius 3 is 2.50 bits per heavy atom. The molecule has 1 rings (SSSR count).